The van der Waals surface area contributed by atoms with Crippen molar-refractivity contribution in [2.75, 3.05) is 6.61 Å². The molecule has 1 fully saturated rings. The molecule has 0 bridgehead atoms. The lowest BCUT2D eigenvalue weighted by Crippen LogP contribution is -2.19. The van der Waals surface area contributed by atoms with E-state index in [1.165, 1.54) is 11.1 Å². The van der Waals surface area contributed by atoms with Gasteiger partial charge in [0.2, 0.25) is 5.91 Å². The molecule has 25 heavy (non-hydrogen) atoms. The summed E-state index contributed by atoms with van der Waals surface area (Å²) in [5.41, 5.74) is 7.79. The molecule has 1 aliphatic heterocycles. The summed E-state index contributed by atoms with van der Waals surface area (Å²) in [7, 11) is 0. The van der Waals surface area contributed by atoms with Crippen LogP contribution in [-0.4, -0.2) is 33.4 Å². The monoisotopic (exact) mass is 360 g/mol. The number of ether oxygens (including phenoxy) is 1. The van der Waals surface area contributed by atoms with Crippen molar-refractivity contribution < 1.29 is 9.53 Å². The average Bonchev–Trinajstić information content (AvgIpc) is 3.23. The largest absolute Gasteiger partial charge is 0.376 e. The maximum Gasteiger partial charge on any atom is 0.217 e. The van der Waals surface area contributed by atoms with E-state index >= 15 is 0 Å². The van der Waals surface area contributed by atoms with Crippen molar-refractivity contribution in [2.45, 2.75) is 56.2 Å². The standard InChI is InChI=1S/C18H24N4O2S/c1-13-4-6-14(7-5-13)12-25-18-21-20-17(9-8-16(19)23)22(18)11-15-3-2-10-24-15/h4-7,15H,2-3,8-12H2,1H3,(H2,19,23). The Morgan fingerprint density at radius 1 is 1.36 bits per heavy atom. The number of aryl methyl sites for hydroxylation is 2. The van der Waals surface area contributed by atoms with Gasteiger partial charge < -0.3 is 15.0 Å². The second-order valence-corrected chi connectivity index (χ2v) is 7.33. The van der Waals surface area contributed by atoms with Gasteiger partial charge in [-0.25, -0.2) is 0 Å². The van der Waals surface area contributed by atoms with Crippen molar-refractivity contribution in [3.63, 3.8) is 0 Å². The lowest BCUT2D eigenvalue weighted by molar-refractivity contribution is -0.118. The molecule has 6 nitrogen and oxygen atoms in total. The maximum absolute atomic E-state index is 11.1. The Morgan fingerprint density at radius 3 is 2.84 bits per heavy atom. The van der Waals surface area contributed by atoms with Crippen LogP contribution in [0.25, 0.3) is 0 Å². The zero-order valence-corrected chi connectivity index (χ0v) is 15.3. The molecule has 0 spiro atoms. The second-order valence-electron chi connectivity index (χ2n) is 6.39. The van der Waals surface area contributed by atoms with Crippen LogP contribution in [0.3, 0.4) is 0 Å². The van der Waals surface area contributed by atoms with Gasteiger partial charge in [-0.2, -0.15) is 0 Å². The van der Waals surface area contributed by atoms with Gasteiger partial charge in [0.25, 0.3) is 0 Å². The van der Waals surface area contributed by atoms with E-state index in [9.17, 15) is 4.79 Å². The van der Waals surface area contributed by atoms with Crippen LogP contribution in [0.1, 0.15) is 36.2 Å². The van der Waals surface area contributed by atoms with E-state index in [-0.39, 0.29) is 18.4 Å². The van der Waals surface area contributed by atoms with Gasteiger partial charge in [-0.05, 0) is 25.3 Å². The van der Waals surface area contributed by atoms with Gasteiger partial charge in [0.15, 0.2) is 5.16 Å². The summed E-state index contributed by atoms with van der Waals surface area (Å²) in [5.74, 6) is 1.32. The van der Waals surface area contributed by atoms with Gasteiger partial charge >= 0.3 is 0 Å². The smallest absolute Gasteiger partial charge is 0.217 e. The fourth-order valence-electron chi connectivity index (χ4n) is 2.85. The number of carbonyl (C=O) groups is 1. The molecule has 2 N–H and O–H groups in total. The number of aromatic nitrogens is 3. The Balaban J connectivity index is 1.71. The van der Waals surface area contributed by atoms with E-state index < -0.39 is 0 Å². The lowest BCUT2D eigenvalue weighted by atomic mass is 10.2. The first kappa shape index (κ1) is 17.9. The highest BCUT2D eigenvalue weighted by molar-refractivity contribution is 7.98. The molecule has 1 amide bonds. The van der Waals surface area contributed by atoms with Gasteiger partial charge in [0, 0.05) is 25.2 Å². The molecule has 1 atom stereocenters. The van der Waals surface area contributed by atoms with Crippen LogP contribution in [0, 0.1) is 6.92 Å². The van der Waals surface area contributed by atoms with Gasteiger partial charge in [0.1, 0.15) is 5.82 Å². The Bertz CT molecular complexity index is 708. The SMILES string of the molecule is Cc1ccc(CSc2nnc(CCC(N)=O)n2CC2CCCO2)cc1. The molecule has 0 radical (unpaired) electrons. The minimum absolute atomic E-state index is 0.196. The topological polar surface area (TPSA) is 83.0 Å². The van der Waals surface area contributed by atoms with Gasteiger partial charge in [-0.15, -0.1) is 10.2 Å². The van der Waals surface area contributed by atoms with Crippen LogP contribution in [0.2, 0.25) is 0 Å². The van der Waals surface area contributed by atoms with Crippen LogP contribution >= 0.6 is 11.8 Å². The summed E-state index contributed by atoms with van der Waals surface area (Å²) in [6, 6.07) is 8.50. The third kappa shape index (κ3) is 5.06. The molecular formula is C18H24N4O2S. The van der Waals surface area contributed by atoms with Crippen molar-refractivity contribution in [3.8, 4) is 0 Å². The number of hydrogen-bond donors (Lipinski definition) is 1. The number of hydrogen-bond acceptors (Lipinski definition) is 5. The molecule has 3 rings (SSSR count). The Kier molecular flexibility index (Phi) is 6.09. The number of thioether (sulfide) groups is 1. The number of nitrogens with zero attached hydrogens (tertiary/aromatic N) is 3. The first-order chi connectivity index (χ1) is 12.1. The average molecular weight is 360 g/mol. The highest BCUT2D eigenvalue weighted by atomic mass is 32.2. The van der Waals surface area contributed by atoms with Crippen molar-refractivity contribution in [1.29, 1.82) is 0 Å². The van der Waals surface area contributed by atoms with Gasteiger partial charge in [0.05, 0.1) is 12.6 Å². The molecule has 1 aromatic heterocycles. The number of amides is 1. The Labute approximate surface area is 152 Å². The molecular weight excluding hydrogens is 336 g/mol. The highest BCUT2D eigenvalue weighted by Crippen LogP contribution is 2.25. The molecule has 0 aliphatic carbocycles. The van der Waals surface area contributed by atoms with Gasteiger partial charge in [-0.1, -0.05) is 41.6 Å². The van der Waals surface area contributed by atoms with E-state index in [1.54, 1.807) is 11.8 Å². The zero-order valence-electron chi connectivity index (χ0n) is 14.5. The molecule has 1 aliphatic rings. The van der Waals surface area contributed by atoms with Crippen molar-refractivity contribution >= 4 is 17.7 Å². The molecule has 2 aromatic rings. The third-order valence-electron chi connectivity index (χ3n) is 4.29. The molecule has 1 aromatic carbocycles. The highest BCUT2D eigenvalue weighted by Gasteiger charge is 2.21. The van der Waals surface area contributed by atoms with Crippen molar-refractivity contribution in [2.24, 2.45) is 5.73 Å². The summed E-state index contributed by atoms with van der Waals surface area (Å²) in [6.45, 7) is 3.63. The Hall–Kier alpha value is -1.86. The normalized spacial score (nSPS) is 17.1. The first-order valence-electron chi connectivity index (χ1n) is 8.62. The Morgan fingerprint density at radius 2 is 2.16 bits per heavy atom. The predicted molar refractivity (Wildman–Crippen MR) is 97.3 cm³/mol. The van der Waals surface area contributed by atoms with Crippen LogP contribution in [-0.2, 0) is 28.2 Å². The minimum atomic E-state index is -0.319. The van der Waals surface area contributed by atoms with E-state index in [0.29, 0.717) is 6.42 Å². The van der Waals surface area contributed by atoms with E-state index in [0.717, 1.165) is 42.7 Å². The summed E-state index contributed by atoms with van der Waals surface area (Å²) in [4.78, 5) is 11.1. The fourth-order valence-corrected chi connectivity index (χ4v) is 3.78. The minimum Gasteiger partial charge on any atom is -0.376 e. The van der Waals surface area contributed by atoms with Crippen molar-refractivity contribution in [1.82, 2.24) is 14.8 Å². The van der Waals surface area contributed by atoms with Crippen LogP contribution in [0.5, 0.6) is 0 Å². The summed E-state index contributed by atoms with van der Waals surface area (Å²) < 4.78 is 7.86. The number of carbonyl (C=O) groups excluding carboxylic acids is 1. The number of benzene rings is 1. The van der Waals surface area contributed by atoms with Gasteiger partial charge in [-0.3, -0.25) is 4.79 Å². The molecule has 2 heterocycles. The molecule has 0 saturated carbocycles. The van der Waals surface area contributed by atoms with Crippen molar-refractivity contribution in [3.05, 3.63) is 41.2 Å². The maximum atomic E-state index is 11.1. The number of rotatable bonds is 8. The van der Waals surface area contributed by atoms with Crippen LogP contribution in [0.15, 0.2) is 29.4 Å². The van der Waals surface area contributed by atoms with E-state index in [1.807, 2.05) is 0 Å². The summed E-state index contributed by atoms with van der Waals surface area (Å²) in [5, 5.41) is 9.49. The molecule has 1 saturated heterocycles. The molecule has 7 heteroatoms. The number of nitrogens with two attached hydrogens (primary N) is 1. The second kappa shape index (κ2) is 8.49. The number of primary amides is 1. The third-order valence-corrected chi connectivity index (χ3v) is 5.33. The fraction of sp³-hybridized carbons (Fsp3) is 0.500. The van der Waals surface area contributed by atoms with E-state index in [2.05, 4.69) is 46.0 Å². The van der Waals surface area contributed by atoms with Crippen LogP contribution < -0.4 is 5.73 Å². The quantitative estimate of drug-likeness (QED) is 0.731. The molecule has 1 unspecified atom stereocenters. The van der Waals surface area contributed by atoms with E-state index in [4.69, 9.17) is 10.5 Å². The first-order valence-corrected chi connectivity index (χ1v) is 9.60. The molecule has 134 valence electrons. The summed E-state index contributed by atoms with van der Waals surface area (Å²) >= 11 is 1.66. The summed E-state index contributed by atoms with van der Waals surface area (Å²) in [6.07, 6.45) is 3.14. The lowest BCUT2D eigenvalue weighted by Gasteiger charge is -2.14. The zero-order chi connectivity index (χ0) is 17.6. The van der Waals surface area contributed by atoms with Crippen LogP contribution in [0.4, 0.5) is 0 Å². The predicted octanol–water partition coefficient (Wildman–Crippen LogP) is 2.48.